The van der Waals surface area contributed by atoms with Crippen LogP contribution in [0.1, 0.15) is 24.0 Å². The van der Waals surface area contributed by atoms with E-state index in [1.807, 2.05) is 10.7 Å². The van der Waals surface area contributed by atoms with Crippen molar-refractivity contribution < 1.29 is 0 Å². The maximum atomic E-state index is 4.30. The molecule has 0 bridgehead atoms. The van der Waals surface area contributed by atoms with Gasteiger partial charge in [-0.3, -0.25) is 0 Å². The molecular weight excluding hydrogens is 348 g/mol. The Hall–Kier alpha value is -2.70. The van der Waals surface area contributed by atoms with Crippen LogP contribution in [0.2, 0.25) is 0 Å². The van der Waals surface area contributed by atoms with Crippen molar-refractivity contribution in [2.45, 2.75) is 32.2 Å². The molecule has 6 heteroatoms. The van der Waals surface area contributed by atoms with E-state index in [9.17, 15) is 0 Å². The van der Waals surface area contributed by atoms with Crippen molar-refractivity contribution in [1.82, 2.24) is 30.2 Å². The molecule has 3 N–H and O–H groups in total. The van der Waals surface area contributed by atoms with E-state index in [2.05, 4.69) is 63.1 Å². The standard InChI is InChI=1S/C22H26N6/c1-15-10-18(13-28-22(15)26-14-27-28)16-2-3-20-17(12-25-21(20)11-16)4-9-24-19-5-7-23-8-6-19/h2-3,10-14,19,23-25H,4-9H2,1H3. The Bertz CT molecular complexity index is 1100. The van der Waals surface area contributed by atoms with Crippen molar-refractivity contribution in [3.8, 4) is 11.1 Å². The first-order valence-electron chi connectivity index (χ1n) is 10.1. The van der Waals surface area contributed by atoms with Gasteiger partial charge in [0.05, 0.1) is 0 Å². The Kier molecular flexibility index (Phi) is 4.58. The molecule has 6 nitrogen and oxygen atoms in total. The first kappa shape index (κ1) is 17.4. The summed E-state index contributed by atoms with van der Waals surface area (Å²) in [6.45, 7) is 5.37. The summed E-state index contributed by atoms with van der Waals surface area (Å²) < 4.78 is 1.85. The molecule has 1 saturated heterocycles. The van der Waals surface area contributed by atoms with Crippen LogP contribution in [0.5, 0.6) is 0 Å². The van der Waals surface area contributed by atoms with Crippen LogP contribution >= 0.6 is 0 Å². The van der Waals surface area contributed by atoms with E-state index < -0.39 is 0 Å². The molecule has 0 unspecified atom stereocenters. The highest BCUT2D eigenvalue weighted by atomic mass is 15.3. The Balaban J connectivity index is 1.35. The van der Waals surface area contributed by atoms with Gasteiger partial charge in [0, 0.05) is 34.9 Å². The number of nitrogens with zero attached hydrogens (tertiary/aromatic N) is 3. The van der Waals surface area contributed by atoms with Gasteiger partial charge in [-0.05, 0) is 74.6 Å². The number of aromatic amines is 1. The van der Waals surface area contributed by atoms with Crippen molar-refractivity contribution in [2.75, 3.05) is 19.6 Å². The summed E-state index contributed by atoms with van der Waals surface area (Å²) in [5.41, 5.74) is 6.95. The Morgan fingerprint density at radius 2 is 2.07 bits per heavy atom. The molecular formula is C22H26N6. The topological polar surface area (TPSA) is 70.0 Å². The van der Waals surface area contributed by atoms with E-state index in [1.165, 1.54) is 34.9 Å². The van der Waals surface area contributed by atoms with E-state index in [0.717, 1.165) is 42.8 Å². The fourth-order valence-corrected chi connectivity index (χ4v) is 4.26. The number of nitrogens with one attached hydrogen (secondary N) is 3. The van der Waals surface area contributed by atoms with Crippen LogP contribution in [0, 0.1) is 6.92 Å². The molecule has 144 valence electrons. The fourth-order valence-electron chi connectivity index (χ4n) is 4.26. The third-order valence-electron chi connectivity index (χ3n) is 5.83. The molecule has 0 atom stereocenters. The molecule has 5 rings (SSSR count). The van der Waals surface area contributed by atoms with Gasteiger partial charge < -0.3 is 15.6 Å². The number of benzene rings is 1. The number of aromatic nitrogens is 4. The number of pyridine rings is 1. The average Bonchev–Trinajstić information content (AvgIpc) is 3.36. The normalized spacial score (nSPS) is 15.6. The van der Waals surface area contributed by atoms with E-state index >= 15 is 0 Å². The van der Waals surface area contributed by atoms with Crippen molar-refractivity contribution in [3.63, 3.8) is 0 Å². The smallest absolute Gasteiger partial charge is 0.158 e. The summed E-state index contributed by atoms with van der Waals surface area (Å²) in [6.07, 6.45) is 9.31. The first-order valence-corrected chi connectivity index (χ1v) is 10.1. The van der Waals surface area contributed by atoms with Gasteiger partial charge in [-0.1, -0.05) is 12.1 Å². The maximum Gasteiger partial charge on any atom is 0.158 e. The predicted octanol–water partition coefficient (Wildman–Crippen LogP) is 3.07. The highest BCUT2D eigenvalue weighted by molar-refractivity contribution is 5.87. The first-order chi connectivity index (χ1) is 13.8. The van der Waals surface area contributed by atoms with Crippen LogP contribution in [-0.4, -0.2) is 45.3 Å². The lowest BCUT2D eigenvalue weighted by molar-refractivity contribution is 0.390. The molecule has 0 amide bonds. The second-order valence-corrected chi connectivity index (χ2v) is 7.74. The van der Waals surface area contributed by atoms with Crippen LogP contribution in [0.15, 0.2) is 43.0 Å². The molecule has 0 aliphatic carbocycles. The quantitative estimate of drug-likeness (QED) is 0.502. The number of rotatable bonds is 5. The van der Waals surface area contributed by atoms with Gasteiger partial charge in [0.25, 0.3) is 0 Å². The molecule has 1 fully saturated rings. The van der Waals surface area contributed by atoms with Crippen molar-refractivity contribution in [3.05, 3.63) is 54.1 Å². The van der Waals surface area contributed by atoms with Gasteiger partial charge in [0.1, 0.15) is 6.33 Å². The monoisotopic (exact) mass is 374 g/mol. The highest BCUT2D eigenvalue weighted by Crippen LogP contribution is 2.27. The van der Waals surface area contributed by atoms with Crippen LogP contribution in [0.3, 0.4) is 0 Å². The lowest BCUT2D eigenvalue weighted by Crippen LogP contribution is -2.40. The molecule has 28 heavy (non-hydrogen) atoms. The Labute approximate surface area is 164 Å². The zero-order valence-corrected chi connectivity index (χ0v) is 16.2. The van der Waals surface area contributed by atoms with E-state index in [4.69, 9.17) is 0 Å². The SMILES string of the molecule is Cc1cc(-c2ccc3c(CCNC4CCNCC4)c[nH]c3c2)cn2ncnc12. The molecule has 4 aromatic rings. The summed E-state index contributed by atoms with van der Waals surface area (Å²) in [6, 6.07) is 9.52. The van der Waals surface area contributed by atoms with Gasteiger partial charge >= 0.3 is 0 Å². The maximum absolute atomic E-state index is 4.30. The zero-order chi connectivity index (χ0) is 18.9. The summed E-state index contributed by atoms with van der Waals surface area (Å²) in [4.78, 5) is 7.77. The molecule has 1 aliphatic rings. The molecule has 3 aromatic heterocycles. The minimum atomic E-state index is 0.660. The number of fused-ring (bicyclic) bond motifs is 2. The lowest BCUT2D eigenvalue weighted by Gasteiger charge is -2.23. The number of hydrogen-bond acceptors (Lipinski definition) is 4. The summed E-state index contributed by atoms with van der Waals surface area (Å²) in [5, 5.41) is 12.7. The van der Waals surface area contributed by atoms with Crippen molar-refractivity contribution in [2.24, 2.45) is 0 Å². The minimum absolute atomic E-state index is 0.660. The third kappa shape index (κ3) is 3.30. The zero-order valence-electron chi connectivity index (χ0n) is 16.2. The van der Waals surface area contributed by atoms with E-state index in [1.54, 1.807) is 6.33 Å². The van der Waals surface area contributed by atoms with Crippen molar-refractivity contribution >= 4 is 16.6 Å². The highest BCUT2D eigenvalue weighted by Gasteiger charge is 2.12. The minimum Gasteiger partial charge on any atom is -0.361 e. The van der Waals surface area contributed by atoms with Gasteiger partial charge in [-0.2, -0.15) is 5.10 Å². The van der Waals surface area contributed by atoms with Gasteiger partial charge in [0.15, 0.2) is 5.65 Å². The van der Waals surface area contributed by atoms with Gasteiger partial charge in [-0.25, -0.2) is 9.50 Å². The number of aryl methyl sites for hydroxylation is 1. The molecule has 1 aliphatic heterocycles. The number of piperidine rings is 1. The second kappa shape index (κ2) is 7.37. The second-order valence-electron chi connectivity index (χ2n) is 7.74. The summed E-state index contributed by atoms with van der Waals surface area (Å²) >= 11 is 0. The fraction of sp³-hybridized carbons (Fsp3) is 0.364. The average molecular weight is 374 g/mol. The molecule has 0 saturated carbocycles. The van der Waals surface area contributed by atoms with Gasteiger partial charge in [0.2, 0.25) is 0 Å². The van der Waals surface area contributed by atoms with Crippen LogP contribution < -0.4 is 10.6 Å². The number of hydrogen-bond donors (Lipinski definition) is 3. The van der Waals surface area contributed by atoms with E-state index in [0.29, 0.717) is 6.04 Å². The third-order valence-corrected chi connectivity index (χ3v) is 5.83. The van der Waals surface area contributed by atoms with Crippen LogP contribution in [0.25, 0.3) is 27.7 Å². The Morgan fingerprint density at radius 3 is 2.96 bits per heavy atom. The van der Waals surface area contributed by atoms with E-state index in [-0.39, 0.29) is 0 Å². The Morgan fingerprint density at radius 1 is 1.18 bits per heavy atom. The van der Waals surface area contributed by atoms with Crippen LogP contribution in [0.4, 0.5) is 0 Å². The predicted molar refractivity (Wildman–Crippen MR) is 113 cm³/mol. The molecule has 0 radical (unpaired) electrons. The largest absolute Gasteiger partial charge is 0.361 e. The molecule has 0 spiro atoms. The summed E-state index contributed by atoms with van der Waals surface area (Å²) in [7, 11) is 0. The van der Waals surface area contributed by atoms with Crippen molar-refractivity contribution in [1.29, 1.82) is 0 Å². The van der Waals surface area contributed by atoms with Crippen LogP contribution in [-0.2, 0) is 6.42 Å². The summed E-state index contributed by atoms with van der Waals surface area (Å²) in [5.74, 6) is 0. The number of H-pyrrole nitrogens is 1. The molecule has 4 heterocycles. The molecule has 1 aromatic carbocycles. The lowest BCUT2D eigenvalue weighted by atomic mass is 10.0. The van der Waals surface area contributed by atoms with Gasteiger partial charge in [-0.15, -0.1) is 0 Å².